The molecule has 3 aromatic rings. The maximum absolute atomic E-state index is 13.7. The Balaban J connectivity index is 2.28. The number of hydrogen-bond acceptors (Lipinski definition) is 2. The summed E-state index contributed by atoms with van der Waals surface area (Å²) >= 11 is 0. The molecule has 3 heteroatoms. The first-order chi connectivity index (χ1) is 10.6. The number of phenolic OH excluding ortho intramolecular Hbond substituents is 1. The predicted molar refractivity (Wildman–Crippen MR) is 83.0 cm³/mol. The summed E-state index contributed by atoms with van der Waals surface area (Å²) < 4.78 is 13.7. The minimum absolute atomic E-state index is 0.222. The van der Waals surface area contributed by atoms with Gasteiger partial charge in [-0.05, 0) is 28.8 Å². The molecule has 3 rings (SSSR count). The third-order valence-electron chi connectivity index (χ3n) is 3.68. The summed E-state index contributed by atoms with van der Waals surface area (Å²) in [6.07, 6.45) is 0. The van der Waals surface area contributed by atoms with Gasteiger partial charge >= 0.3 is 0 Å². The standard InChI is InChI=1S/C19H15FO2/c20-17-11-16(12-18(21)13-17)19(22,14-7-3-1-4-8-14)15-9-5-2-6-10-15/h1-13,21-22H. The highest BCUT2D eigenvalue weighted by molar-refractivity contribution is 5.48. The Morgan fingerprint density at radius 2 is 1.18 bits per heavy atom. The van der Waals surface area contributed by atoms with Gasteiger partial charge in [0.05, 0.1) is 0 Å². The van der Waals surface area contributed by atoms with Crippen molar-refractivity contribution in [1.29, 1.82) is 0 Å². The SMILES string of the molecule is Oc1cc(F)cc(C(O)(c2ccccc2)c2ccccc2)c1. The zero-order valence-electron chi connectivity index (χ0n) is 11.8. The van der Waals surface area contributed by atoms with E-state index in [1.165, 1.54) is 12.1 Å². The van der Waals surface area contributed by atoms with Crippen molar-refractivity contribution in [1.82, 2.24) is 0 Å². The molecule has 0 bridgehead atoms. The van der Waals surface area contributed by atoms with E-state index in [0.717, 1.165) is 6.07 Å². The van der Waals surface area contributed by atoms with E-state index in [1.807, 2.05) is 36.4 Å². The van der Waals surface area contributed by atoms with E-state index >= 15 is 0 Å². The monoisotopic (exact) mass is 294 g/mol. The van der Waals surface area contributed by atoms with E-state index in [4.69, 9.17) is 0 Å². The molecule has 0 saturated carbocycles. The maximum Gasteiger partial charge on any atom is 0.140 e. The molecular formula is C19H15FO2. The number of benzene rings is 3. The fraction of sp³-hybridized carbons (Fsp3) is 0.0526. The Hall–Kier alpha value is -2.65. The molecule has 0 unspecified atom stereocenters. The number of aliphatic hydroxyl groups is 1. The largest absolute Gasteiger partial charge is 0.508 e. The summed E-state index contributed by atoms with van der Waals surface area (Å²) in [5.74, 6) is -0.819. The Morgan fingerprint density at radius 3 is 1.64 bits per heavy atom. The molecule has 0 atom stereocenters. The highest BCUT2D eigenvalue weighted by Crippen LogP contribution is 2.37. The second-order valence-corrected chi connectivity index (χ2v) is 5.14. The third kappa shape index (κ3) is 2.47. The topological polar surface area (TPSA) is 40.5 Å². The fourth-order valence-corrected chi connectivity index (χ4v) is 2.64. The lowest BCUT2D eigenvalue weighted by Crippen LogP contribution is -2.28. The van der Waals surface area contributed by atoms with Gasteiger partial charge in [0.2, 0.25) is 0 Å². The van der Waals surface area contributed by atoms with E-state index in [1.54, 1.807) is 24.3 Å². The molecule has 3 aromatic carbocycles. The van der Waals surface area contributed by atoms with E-state index < -0.39 is 11.4 Å². The molecule has 2 N–H and O–H groups in total. The molecule has 0 aliphatic carbocycles. The van der Waals surface area contributed by atoms with Crippen molar-refractivity contribution in [3.05, 3.63) is 101 Å². The predicted octanol–water partition coefficient (Wildman–Crippen LogP) is 3.82. The number of hydrogen-bond donors (Lipinski definition) is 2. The van der Waals surface area contributed by atoms with Gasteiger partial charge in [-0.2, -0.15) is 0 Å². The van der Waals surface area contributed by atoms with Crippen LogP contribution >= 0.6 is 0 Å². The van der Waals surface area contributed by atoms with Crippen molar-refractivity contribution in [3.63, 3.8) is 0 Å². The van der Waals surface area contributed by atoms with Crippen LogP contribution in [0.2, 0.25) is 0 Å². The first-order valence-electron chi connectivity index (χ1n) is 6.94. The van der Waals surface area contributed by atoms with Gasteiger partial charge in [0.25, 0.3) is 0 Å². The van der Waals surface area contributed by atoms with Crippen LogP contribution in [0.5, 0.6) is 5.75 Å². The fourth-order valence-electron chi connectivity index (χ4n) is 2.64. The lowest BCUT2D eigenvalue weighted by molar-refractivity contribution is 0.125. The average Bonchev–Trinajstić information content (AvgIpc) is 2.55. The molecule has 110 valence electrons. The molecule has 0 fully saturated rings. The van der Waals surface area contributed by atoms with E-state index in [-0.39, 0.29) is 11.3 Å². The molecule has 22 heavy (non-hydrogen) atoms. The summed E-state index contributed by atoms with van der Waals surface area (Å²) in [6, 6.07) is 21.6. The summed E-state index contributed by atoms with van der Waals surface area (Å²) in [5.41, 5.74) is -0.0537. The van der Waals surface area contributed by atoms with Gasteiger partial charge in [0.1, 0.15) is 17.2 Å². The zero-order chi connectivity index (χ0) is 15.6. The lowest BCUT2D eigenvalue weighted by Gasteiger charge is -2.30. The van der Waals surface area contributed by atoms with Crippen LogP contribution in [0.1, 0.15) is 16.7 Å². The lowest BCUT2D eigenvalue weighted by atomic mass is 9.80. The van der Waals surface area contributed by atoms with Crippen LogP contribution in [0.4, 0.5) is 4.39 Å². The first-order valence-corrected chi connectivity index (χ1v) is 6.94. The Kier molecular flexibility index (Phi) is 3.65. The second-order valence-electron chi connectivity index (χ2n) is 5.14. The van der Waals surface area contributed by atoms with Crippen LogP contribution in [0.25, 0.3) is 0 Å². The van der Waals surface area contributed by atoms with E-state index in [2.05, 4.69) is 0 Å². The van der Waals surface area contributed by atoms with Crippen molar-refractivity contribution in [3.8, 4) is 5.75 Å². The molecule has 0 spiro atoms. The second kappa shape index (κ2) is 5.62. The van der Waals surface area contributed by atoms with Crippen LogP contribution in [0.15, 0.2) is 78.9 Å². The molecule has 0 amide bonds. The van der Waals surface area contributed by atoms with Crippen molar-refractivity contribution >= 4 is 0 Å². The molecule has 0 heterocycles. The Labute approximate surface area is 128 Å². The number of phenols is 1. The van der Waals surface area contributed by atoms with Crippen molar-refractivity contribution in [2.24, 2.45) is 0 Å². The minimum Gasteiger partial charge on any atom is -0.508 e. The normalized spacial score (nSPS) is 11.4. The van der Waals surface area contributed by atoms with Crippen molar-refractivity contribution in [2.75, 3.05) is 0 Å². The van der Waals surface area contributed by atoms with Gasteiger partial charge in [0.15, 0.2) is 0 Å². The van der Waals surface area contributed by atoms with Crippen LogP contribution in [0, 0.1) is 5.82 Å². The summed E-state index contributed by atoms with van der Waals surface area (Å²) in [5, 5.41) is 21.1. The first kappa shape index (κ1) is 14.3. The maximum atomic E-state index is 13.7. The van der Waals surface area contributed by atoms with E-state index in [9.17, 15) is 14.6 Å². The highest BCUT2D eigenvalue weighted by Gasteiger charge is 2.34. The number of rotatable bonds is 3. The molecular weight excluding hydrogens is 279 g/mol. The van der Waals surface area contributed by atoms with Gasteiger partial charge < -0.3 is 10.2 Å². The Morgan fingerprint density at radius 1 is 0.682 bits per heavy atom. The van der Waals surface area contributed by atoms with Gasteiger partial charge in [0, 0.05) is 6.07 Å². The van der Waals surface area contributed by atoms with Crippen LogP contribution < -0.4 is 0 Å². The van der Waals surface area contributed by atoms with Gasteiger partial charge in [-0.3, -0.25) is 0 Å². The van der Waals surface area contributed by atoms with Crippen molar-refractivity contribution < 1.29 is 14.6 Å². The molecule has 0 aliphatic heterocycles. The molecule has 2 nitrogen and oxygen atoms in total. The summed E-state index contributed by atoms with van der Waals surface area (Å²) in [7, 11) is 0. The van der Waals surface area contributed by atoms with Gasteiger partial charge in [-0.1, -0.05) is 60.7 Å². The summed E-state index contributed by atoms with van der Waals surface area (Å²) in [6.45, 7) is 0. The molecule has 0 aliphatic rings. The van der Waals surface area contributed by atoms with Crippen LogP contribution in [-0.4, -0.2) is 10.2 Å². The quantitative estimate of drug-likeness (QED) is 0.721. The Bertz CT molecular complexity index is 710. The van der Waals surface area contributed by atoms with Crippen LogP contribution in [0.3, 0.4) is 0 Å². The highest BCUT2D eigenvalue weighted by atomic mass is 19.1. The zero-order valence-corrected chi connectivity index (χ0v) is 11.8. The third-order valence-corrected chi connectivity index (χ3v) is 3.68. The van der Waals surface area contributed by atoms with Gasteiger partial charge in [-0.15, -0.1) is 0 Å². The number of halogens is 1. The van der Waals surface area contributed by atoms with Crippen molar-refractivity contribution in [2.45, 2.75) is 5.60 Å². The van der Waals surface area contributed by atoms with Gasteiger partial charge in [-0.25, -0.2) is 4.39 Å². The smallest absolute Gasteiger partial charge is 0.140 e. The number of aromatic hydroxyl groups is 1. The van der Waals surface area contributed by atoms with E-state index in [0.29, 0.717) is 11.1 Å². The van der Waals surface area contributed by atoms with Crippen LogP contribution in [-0.2, 0) is 5.60 Å². The summed E-state index contributed by atoms with van der Waals surface area (Å²) in [4.78, 5) is 0. The molecule has 0 saturated heterocycles. The minimum atomic E-state index is -1.54. The molecule has 0 radical (unpaired) electrons. The molecule has 0 aromatic heterocycles. The average molecular weight is 294 g/mol.